The standard InChI is InChI=1S/C22H22N6O2/c1-14-10-18(21(29)13-28-20(12-24)19(11-23)26-22(28)25)15(2)27(14)9-8-16-4-6-17(30-3)7-5-16/h4-7,10H,8-9,13H2,1-3H3,(H2,25,26). The largest absolute Gasteiger partial charge is 0.497 e. The number of imidazole rings is 1. The second kappa shape index (κ2) is 8.54. The highest BCUT2D eigenvalue weighted by Crippen LogP contribution is 2.20. The lowest BCUT2D eigenvalue weighted by Gasteiger charge is -2.11. The van der Waals surface area contributed by atoms with E-state index in [1.165, 1.54) is 10.1 Å². The van der Waals surface area contributed by atoms with Crippen molar-refractivity contribution in [1.29, 1.82) is 10.5 Å². The molecule has 0 bridgehead atoms. The highest BCUT2D eigenvalue weighted by molar-refractivity contribution is 5.97. The highest BCUT2D eigenvalue weighted by atomic mass is 16.5. The fourth-order valence-corrected chi connectivity index (χ4v) is 3.51. The number of benzene rings is 1. The van der Waals surface area contributed by atoms with Crippen LogP contribution in [0, 0.1) is 36.5 Å². The van der Waals surface area contributed by atoms with E-state index >= 15 is 0 Å². The number of aromatic nitrogens is 3. The lowest BCUT2D eigenvalue weighted by Crippen LogP contribution is -2.15. The third kappa shape index (κ3) is 3.89. The molecule has 0 saturated carbocycles. The van der Waals surface area contributed by atoms with Crippen molar-refractivity contribution in [2.24, 2.45) is 0 Å². The van der Waals surface area contributed by atoms with Crippen LogP contribution in [0.25, 0.3) is 0 Å². The van der Waals surface area contributed by atoms with Crippen molar-refractivity contribution in [3.05, 3.63) is 64.2 Å². The van der Waals surface area contributed by atoms with E-state index in [2.05, 4.69) is 9.55 Å². The van der Waals surface area contributed by atoms with Gasteiger partial charge >= 0.3 is 0 Å². The number of hydrogen-bond acceptors (Lipinski definition) is 6. The van der Waals surface area contributed by atoms with Gasteiger partial charge in [0.2, 0.25) is 5.95 Å². The van der Waals surface area contributed by atoms with Crippen LogP contribution in [0.4, 0.5) is 5.95 Å². The zero-order chi connectivity index (χ0) is 21.8. The van der Waals surface area contributed by atoms with Crippen molar-refractivity contribution in [2.45, 2.75) is 33.4 Å². The van der Waals surface area contributed by atoms with Crippen LogP contribution in [-0.2, 0) is 19.5 Å². The Morgan fingerprint density at radius 2 is 1.87 bits per heavy atom. The first kappa shape index (κ1) is 20.7. The zero-order valence-electron chi connectivity index (χ0n) is 17.1. The summed E-state index contributed by atoms with van der Waals surface area (Å²) in [6.07, 6.45) is 0.812. The van der Waals surface area contributed by atoms with Crippen molar-refractivity contribution in [1.82, 2.24) is 14.1 Å². The maximum atomic E-state index is 12.9. The minimum absolute atomic E-state index is 0.00309. The molecule has 8 heteroatoms. The Morgan fingerprint density at radius 3 is 2.47 bits per heavy atom. The Labute approximate surface area is 174 Å². The van der Waals surface area contributed by atoms with E-state index in [1.54, 1.807) is 7.11 Å². The fraction of sp³-hybridized carbons (Fsp3) is 0.273. The third-order valence-corrected chi connectivity index (χ3v) is 5.17. The van der Waals surface area contributed by atoms with Gasteiger partial charge in [-0.15, -0.1) is 0 Å². The van der Waals surface area contributed by atoms with Crippen LogP contribution >= 0.6 is 0 Å². The van der Waals surface area contributed by atoms with Gasteiger partial charge in [-0.1, -0.05) is 12.1 Å². The minimum atomic E-state index is -0.191. The molecule has 0 aliphatic rings. The summed E-state index contributed by atoms with van der Waals surface area (Å²) in [5.41, 5.74) is 9.29. The minimum Gasteiger partial charge on any atom is -0.497 e. The van der Waals surface area contributed by atoms with Gasteiger partial charge in [0, 0.05) is 23.5 Å². The number of nitrogens with two attached hydrogens (primary N) is 1. The summed E-state index contributed by atoms with van der Waals surface area (Å²) in [5, 5.41) is 18.4. The number of nitrogens with zero attached hydrogens (tertiary/aromatic N) is 5. The van der Waals surface area contributed by atoms with Gasteiger partial charge in [0.05, 0.1) is 13.7 Å². The topological polar surface area (TPSA) is 123 Å². The Morgan fingerprint density at radius 1 is 1.17 bits per heavy atom. The van der Waals surface area contributed by atoms with Gasteiger partial charge in [0.1, 0.15) is 17.9 Å². The summed E-state index contributed by atoms with van der Waals surface area (Å²) in [6, 6.07) is 13.5. The maximum absolute atomic E-state index is 12.9. The summed E-state index contributed by atoms with van der Waals surface area (Å²) in [7, 11) is 1.64. The number of carbonyl (C=O) groups excluding carboxylic acids is 1. The molecule has 0 unspecified atom stereocenters. The molecule has 8 nitrogen and oxygen atoms in total. The quantitative estimate of drug-likeness (QED) is 0.606. The average Bonchev–Trinajstić information content (AvgIpc) is 3.21. The molecule has 2 heterocycles. The average molecular weight is 402 g/mol. The Hall–Kier alpha value is -4.04. The van der Waals surface area contributed by atoms with Crippen molar-refractivity contribution in [3.8, 4) is 17.9 Å². The number of Topliss-reactive ketones (excluding diaryl/α,β-unsaturated/α-hetero) is 1. The number of nitrogen functional groups attached to an aromatic ring is 1. The summed E-state index contributed by atoms with van der Waals surface area (Å²) < 4.78 is 8.57. The molecular weight excluding hydrogens is 380 g/mol. The van der Waals surface area contributed by atoms with E-state index in [0.717, 1.165) is 30.1 Å². The van der Waals surface area contributed by atoms with E-state index < -0.39 is 0 Å². The SMILES string of the molecule is COc1ccc(CCn2c(C)cc(C(=O)Cn3c(N)nc(C#N)c3C#N)c2C)cc1. The molecule has 0 aliphatic heterocycles. The fourth-order valence-electron chi connectivity index (χ4n) is 3.51. The predicted molar refractivity (Wildman–Crippen MR) is 111 cm³/mol. The van der Waals surface area contributed by atoms with E-state index in [-0.39, 0.29) is 29.7 Å². The van der Waals surface area contributed by atoms with Gasteiger partial charge < -0.3 is 15.0 Å². The summed E-state index contributed by atoms with van der Waals surface area (Å²) in [5.74, 6) is 0.601. The first-order chi connectivity index (χ1) is 14.4. The van der Waals surface area contributed by atoms with E-state index in [0.29, 0.717) is 5.56 Å². The van der Waals surface area contributed by atoms with Crippen LogP contribution < -0.4 is 10.5 Å². The predicted octanol–water partition coefficient (Wildman–Crippen LogP) is 2.76. The van der Waals surface area contributed by atoms with Gasteiger partial charge in [-0.05, 0) is 44.0 Å². The first-order valence-electron chi connectivity index (χ1n) is 9.38. The van der Waals surface area contributed by atoms with Crippen LogP contribution in [-0.4, -0.2) is 27.0 Å². The molecule has 30 heavy (non-hydrogen) atoms. The number of rotatable bonds is 7. The van der Waals surface area contributed by atoms with E-state index in [4.69, 9.17) is 15.7 Å². The molecule has 3 rings (SSSR count). The maximum Gasteiger partial charge on any atom is 0.202 e. The lowest BCUT2D eigenvalue weighted by molar-refractivity contribution is 0.0971. The van der Waals surface area contributed by atoms with Crippen LogP contribution in [0.2, 0.25) is 0 Å². The number of aryl methyl sites for hydroxylation is 2. The van der Waals surface area contributed by atoms with E-state index in [9.17, 15) is 10.1 Å². The van der Waals surface area contributed by atoms with Crippen molar-refractivity contribution >= 4 is 11.7 Å². The van der Waals surface area contributed by atoms with Crippen molar-refractivity contribution < 1.29 is 9.53 Å². The van der Waals surface area contributed by atoms with Gasteiger partial charge in [0.25, 0.3) is 0 Å². The monoisotopic (exact) mass is 402 g/mol. The molecule has 2 aromatic heterocycles. The number of ketones is 1. The smallest absolute Gasteiger partial charge is 0.202 e. The first-order valence-corrected chi connectivity index (χ1v) is 9.38. The number of methoxy groups -OCH3 is 1. The second-order valence-electron chi connectivity index (χ2n) is 6.93. The number of nitriles is 2. The van der Waals surface area contributed by atoms with E-state index in [1.807, 2.05) is 56.3 Å². The van der Waals surface area contributed by atoms with Crippen molar-refractivity contribution in [2.75, 3.05) is 12.8 Å². The molecule has 3 aromatic rings. The van der Waals surface area contributed by atoms with Crippen molar-refractivity contribution in [3.63, 3.8) is 0 Å². The molecule has 0 fully saturated rings. The third-order valence-electron chi connectivity index (χ3n) is 5.17. The second-order valence-corrected chi connectivity index (χ2v) is 6.93. The molecule has 0 spiro atoms. The molecule has 0 amide bonds. The van der Waals surface area contributed by atoms with Crippen LogP contribution in [0.5, 0.6) is 5.75 Å². The van der Waals surface area contributed by atoms with Crippen LogP contribution in [0.1, 0.15) is 38.7 Å². The van der Waals surface area contributed by atoms with Gasteiger partial charge in [0.15, 0.2) is 17.2 Å². The van der Waals surface area contributed by atoms with Gasteiger partial charge in [-0.3, -0.25) is 9.36 Å². The molecule has 0 saturated heterocycles. The summed E-state index contributed by atoms with van der Waals surface area (Å²) in [4.78, 5) is 16.8. The molecule has 1 aromatic carbocycles. The van der Waals surface area contributed by atoms with Crippen LogP contribution in [0.3, 0.4) is 0 Å². The molecule has 2 N–H and O–H groups in total. The Balaban J connectivity index is 1.80. The molecule has 152 valence electrons. The number of anilines is 1. The Bertz CT molecular complexity index is 1170. The number of carbonyl (C=O) groups is 1. The zero-order valence-corrected chi connectivity index (χ0v) is 17.1. The van der Waals surface area contributed by atoms with Gasteiger partial charge in [-0.25, -0.2) is 4.98 Å². The highest BCUT2D eigenvalue weighted by Gasteiger charge is 2.21. The Kier molecular flexibility index (Phi) is 5.89. The number of ether oxygens (including phenoxy) is 1. The molecule has 0 aliphatic carbocycles. The normalized spacial score (nSPS) is 10.4. The lowest BCUT2D eigenvalue weighted by atomic mass is 10.1. The van der Waals surface area contributed by atoms with Crippen LogP contribution in [0.15, 0.2) is 30.3 Å². The summed E-state index contributed by atoms with van der Waals surface area (Å²) in [6.45, 7) is 4.44. The molecule has 0 atom stereocenters. The molecular formula is C22H22N6O2. The molecule has 0 radical (unpaired) electrons. The van der Waals surface area contributed by atoms with Gasteiger partial charge in [-0.2, -0.15) is 10.5 Å². The number of hydrogen-bond donors (Lipinski definition) is 1. The summed E-state index contributed by atoms with van der Waals surface area (Å²) >= 11 is 0.